The maximum atomic E-state index is 14.5. The van der Waals surface area contributed by atoms with Crippen LogP contribution in [-0.2, 0) is 13.1 Å². The third-order valence-corrected chi connectivity index (χ3v) is 6.81. The molecular formula is C26H26FN5O2S. The molecule has 0 aliphatic carbocycles. The maximum absolute atomic E-state index is 14.5. The Labute approximate surface area is 208 Å². The number of carbonyl (C=O) groups is 1. The first-order valence-corrected chi connectivity index (χ1v) is 11.9. The lowest BCUT2D eigenvalue weighted by Crippen LogP contribution is -2.42. The third kappa shape index (κ3) is 4.71. The number of ether oxygens (including phenoxy) is 1. The van der Waals surface area contributed by atoms with Crippen molar-refractivity contribution in [3.05, 3.63) is 83.1 Å². The standard InChI is InChI=1S/C26H26FN5O2S/c1-34-20-9-6-17(7-10-20)12-31-14-19(27)8-11-22(31)21-5-3-2-4-18(21)13-32-23(15-35)30-26(33)24-25(32)29-16-28-24/h2-7,9-10,16,19,22H,8,11-14H2,1H3,(H,28,29)(H,30,33). The van der Waals surface area contributed by atoms with Crippen molar-refractivity contribution in [2.45, 2.75) is 38.1 Å². The number of hydrogen-bond donors (Lipinski definition) is 2. The molecule has 180 valence electrons. The number of nitrogens with one attached hydrogen (secondary N) is 2. The van der Waals surface area contributed by atoms with E-state index < -0.39 is 6.17 Å². The highest BCUT2D eigenvalue weighted by Gasteiger charge is 2.33. The van der Waals surface area contributed by atoms with Gasteiger partial charge in [0.05, 0.1) is 20.0 Å². The fourth-order valence-corrected chi connectivity index (χ4v) is 5.06. The highest BCUT2D eigenvalue weighted by Crippen LogP contribution is 2.36. The van der Waals surface area contributed by atoms with Crippen molar-refractivity contribution in [3.63, 3.8) is 0 Å². The van der Waals surface area contributed by atoms with E-state index in [1.165, 1.54) is 6.33 Å². The zero-order valence-corrected chi connectivity index (χ0v) is 20.1. The number of thiocarbonyl (C=S) groups is 1. The Hall–Kier alpha value is -3.52. The van der Waals surface area contributed by atoms with Crippen LogP contribution in [0.3, 0.4) is 0 Å². The number of alkyl halides is 1. The predicted octanol–water partition coefficient (Wildman–Crippen LogP) is 4.28. The van der Waals surface area contributed by atoms with Crippen LogP contribution in [0.1, 0.15) is 46.1 Å². The van der Waals surface area contributed by atoms with E-state index in [2.05, 4.69) is 37.3 Å². The van der Waals surface area contributed by atoms with Crippen LogP contribution < -0.4 is 15.0 Å². The summed E-state index contributed by atoms with van der Waals surface area (Å²) in [6.45, 7) is 1.45. The molecule has 2 aliphatic rings. The first-order valence-electron chi connectivity index (χ1n) is 11.5. The number of piperidine rings is 1. The lowest BCUT2D eigenvalue weighted by Gasteiger charge is -2.39. The van der Waals surface area contributed by atoms with Crippen LogP contribution in [0.2, 0.25) is 0 Å². The zero-order valence-electron chi connectivity index (χ0n) is 19.3. The Morgan fingerprint density at radius 2 is 1.97 bits per heavy atom. The molecule has 1 saturated heterocycles. The Bertz CT molecular complexity index is 1270. The molecule has 0 saturated carbocycles. The van der Waals surface area contributed by atoms with E-state index in [1.54, 1.807) is 7.11 Å². The smallest absolute Gasteiger partial charge is 0.277 e. The monoisotopic (exact) mass is 491 g/mol. The van der Waals surface area contributed by atoms with Crippen LogP contribution in [-0.4, -0.2) is 45.6 Å². The quantitative estimate of drug-likeness (QED) is 0.502. The van der Waals surface area contributed by atoms with Gasteiger partial charge in [-0.05, 0) is 58.9 Å². The van der Waals surface area contributed by atoms with E-state index in [0.29, 0.717) is 49.8 Å². The van der Waals surface area contributed by atoms with E-state index in [0.717, 1.165) is 22.4 Å². The summed E-state index contributed by atoms with van der Waals surface area (Å²) in [6, 6.07) is 16.1. The summed E-state index contributed by atoms with van der Waals surface area (Å²) in [6.07, 6.45) is 1.88. The van der Waals surface area contributed by atoms with Crippen LogP contribution in [0.4, 0.5) is 10.2 Å². The number of hydrogen-bond acceptors (Lipinski definition) is 6. The first kappa shape index (κ1) is 23.2. The molecule has 2 aromatic carbocycles. The number of carbonyl (C=O) groups excluding carboxylic acids is 1. The maximum Gasteiger partial charge on any atom is 0.277 e. The van der Waals surface area contributed by atoms with Crippen LogP contribution in [0.15, 0.2) is 60.7 Å². The fourth-order valence-electron chi connectivity index (χ4n) is 4.90. The lowest BCUT2D eigenvalue weighted by molar-refractivity contribution is 0.0771. The minimum Gasteiger partial charge on any atom is -0.497 e. The summed E-state index contributed by atoms with van der Waals surface area (Å²) < 4.78 is 19.8. The molecule has 1 amide bonds. The Balaban J connectivity index is 1.45. The normalized spacial score (nSPS) is 20.2. The number of benzene rings is 2. The van der Waals surface area contributed by atoms with Crippen molar-refractivity contribution in [3.8, 4) is 5.75 Å². The van der Waals surface area contributed by atoms with E-state index in [4.69, 9.17) is 17.0 Å². The Morgan fingerprint density at radius 1 is 1.17 bits per heavy atom. The topological polar surface area (TPSA) is 73.5 Å². The molecular weight excluding hydrogens is 465 g/mol. The molecule has 7 nitrogen and oxygen atoms in total. The summed E-state index contributed by atoms with van der Waals surface area (Å²) in [5.74, 6) is 1.41. The average Bonchev–Trinajstić information content (AvgIpc) is 3.38. The van der Waals surface area contributed by atoms with Gasteiger partial charge in [-0.1, -0.05) is 36.4 Å². The summed E-state index contributed by atoms with van der Waals surface area (Å²) in [4.78, 5) is 23.7. The summed E-state index contributed by atoms with van der Waals surface area (Å²) in [5, 5.41) is 5.44. The van der Waals surface area contributed by atoms with Gasteiger partial charge in [0.15, 0.2) is 11.6 Å². The van der Waals surface area contributed by atoms with Gasteiger partial charge in [0.2, 0.25) is 0 Å². The van der Waals surface area contributed by atoms with Gasteiger partial charge in [0.25, 0.3) is 5.91 Å². The van der Waals surface area contributed by atoms with Crippen molar-refractivity contribution >= 4 is 29.0 Å². The third-order valence-electron chi connectivity index (χ3n) is 6.61. The Morgan fingerprint density at radius 3 is 2.74 bits per heavy atom. The summed E-state index contributed by atoms with van der Waals surface area (Å²) >= 11 is 5.06. The van der Waals surface area contributed by atoms with Crippen molar-refractivity contribution in [1.82, 2.24) is 20.2 Å². The highest BCUT2D eigenvalue weighted by molar-refractivity contribution is 7.78. The number of halogens is 1. The Kier molecular flexibility index (Phi) is 6.63. The number of imidazole rings is 1. The van der Waals surface area contributed by atoms with Crippen molar-refractivity contribution < 1.29 is 13.9 Å². The summed E-state index contributed by atoms with van der Waals surface area (Å²) in [7, 11) is 1.64. The second-order valence-corrected chi connectivity index (χ2v) is 8.96. The molecule has 0 spiro atoms. The lowest BCUT2D eigenvalue weighted by atomic mass is 9.90. The van der Waals surface area contributed by atoms with Gasteiger partial charge in [0, 0.05) is 19.1 Å². The minimum absolute atomic E-state index is 0.0539. The molecule has 3 heterocycles. The number of likely N-dealkylation sites (tertiary alicyclic amines) is 1. The molecule has 2 atom stereocenters. The van der Waals surface area contributed by atoms with E-state index in [-0.39, 0.29) is 11.9 Å². The molecule has 3 aromatic rings. The van der Waals surface area contributed by atoms with Crippen molar-refractivity contribution in [2.24, 2.45) is 0 Å². The minimum atomic E-state index is -0.857. The van der Waals surface area contributed by atoms with Crippen LogP contribution >= 0.6 is 12.2 Å². The highest BCUT2D eigenvalue weighted by atomic mass is 32.1. The van der Waals surface area contributed by atoms with E-state index >= 15 is 0 Å². The van der Waals surface area contributed by atoms with Crippen molar-refractivity contribution in [1.29, 1.82) is 0 Å². The predicted molar refractivity (Wildman–Crippen MR) is 135 cm³/mol. The number of aromatic nitrogens is 2. The van der Waals surface area contributed by atoms with Gasteiger partial charge >= 0.3 is 0 Å². The van der Waals surface area contributed by atoms with Crippen LogP contribution in [0, 0.1) is 0 Å². The van der Waals surface area contributed by atoms with E-state index in [9.17, 15) is 9.18 Å². The zero-order chi connectivity index (χ0) is 24.4. The average molecular weight is 492 g/mol. The van der Waals surface area contributed by atoms with Gasteiger partial charge < -0.3 is 9.72 Å². The molecule has 1 aromatic heterocycles. The molecule has 5 rings (SSSR count). The number of anilines is 1. The van der Waals surface area contributed by atoms with Crippen molar-refractivity contribution in [2.75, 3.05) is 18.6 Å². The number of fused-ring (bicyclic) bond motifs is 1. The molecule has 9 heteroatoms. The van der Waals surface area contributed by atoms with Gasteiger partial charge in [-0.15, -0.1) is 0 Å². The molecule has 35 heavy (non-hydrogen) atoms. The van der Waals surface area contributed by atoms with Gasteiger partial charge in [-0.2, -0.15) is 0 Å². The fraction of sp³-hybridized carbons (Fsp3) is 0.308. The number of H-pyrrole nitrogens is 1. The van der Waals surface area contributed by atoms with Gasteiger partial charge in [-0.25, -0.2) is 9.37 Å². The van der Waals surface area contributed by atoms with Gasteiger partial charge in [0.1, 0.15) is 17.6 Å². The number of amides is 1. The first-order chi connectivity index (χ1) is 17.1. The molecule has 2 aliphatic heterocycles. The molecule has 2 unspecified atom stereocenters. The van der Waals surface area contributed by atoms with Gasteiger partial charge in [-0.3, -0.25) is 19.9 Å². The summed E-state index contributed by atoms with van der Waals surface area (Å²) in [5.41, 5.74) is 3.68. The second-order valence-electron chi connectivity index (χ2n) is 8.76. The number of aromatic amines is 1. The van der Waals surface area contributed by atoms with Crippen LogP contribution in [0.25, 0.3) is 0 Å². The molecule has 0 bridgehead atoms. The molecule has 1 fully saturated rings. The number of rotatable bonds is 6. The number of nitrogens with zero attached hydrogens (tertiary/aromatic N) is 3. The van der Waals surface area contributed by atoms with Crippen LogP contribution in [0.5, 0.6) is 5.75 Å². The SMILES string of the molecule is COc1ccc(CN2CC(F)CCC2c2ccccc2CN2C(=C=S)NC(=O)c3[nH]cnc32)cc1. The number of methoxy groups -OCH3 is 1. The largest absolute Gasteiger partial charge is 0.497 e. The van der Waals surface area contributed by atoms with E-state index in [1.807, 2.05) is 41.3 Å². The molecule has 0 radical (unpaired) electrons. The molecule has 2 N–H and O–H groups in total. The second kappa shape index (κ2) is 10.00.